The van der Waals surface area contributed by atoms with Crippen molar-refractivity contribution in [2.75, 3.05) is 5.32 Å². The number of hydrogen-bond donors (Lipinski definition) is 1. The number of benzene rings is 1. The molecule has 0 radical (unpaired) electrons. The van der Waals surface area contributed by atoms with Gasteiger partial charge in [0.1, 0.15) is 6.33 Å². The molecular formula is C17H20N6. The highest BCUT2D eigenvalue weighted by atomic mass is 15.3. The van der Waals surface area contributed by atoms with Crippen LogP contribution in [0.1, 0.15) is 22.8 Å². The number of aryl methyl sites for hydroxylation is 4. The van der Waals surface area contributed by atoms with Crippen molar-refractivity contribution < 1.29 is 0 Å². The van der Waals surface area contributed by atoms with Crippen LogP contribution in [0.25, 0.3) is 0 Å². The topological polar surface area (TPSA) is 68.5 Å². The molecule has 2 aromatic heterocycles. The number of nitrogens with one attached hydrogen (secondary N) is 1. The first kappa shape index (κ1) is 15.1. The Bertz CT molecular complexity index is 746. The molecule has 0 aliphatic heterocycles. The summed E-state index contributed by atoms with van der Waals surface area (Å²) in [6.07, 6.45) is 2.72. The van der Waals surface area contributed by atoms with Gasteiger partial charge in [-0.25, -0.2) is 9.97 Å². The maximum absolute atomic E-state index is 4.38. The zero-order valence-electron chi connectivity index (χ0n) is 13.4. The lowest BCUT2D eigenvalue weighted by atomic mass is 10.1. The minimum absolute atomic E-state index is 0.553. The van der Waals surface area contributed by atoms with E-state index in [-0.39, 0.29) is 0 Å². The molecule has 0 amide bonds. The third kappa shape index (κ3) is 4.12. The van der Waals surface area contributed by atoms with Gasteiger partial charge in [-0.1, -0.05) is 30.3 Å². The number of rotatable bonds is 6. The van der Waals surface area contributed by atoms with Crippen molar-refractivity contribution in [1.82, 2.24) is 24.7 Å². The number of aromatic nitrogens is 5. The van der Waals surface area contributed by atoms with Crippen LogP contribution in [-0.4, -0.2) is 24.7 Å². The first-order chi connectivity index (χ1) is 11.2. The van der Waals surface area contributed by atoms with Crippen molar-refractivity contribution in [2.24, 2.45) is 0 Å². The van der Waals surface area contributed by atoms with E-state index < -0.39 is 0 Å². The SMILES string of the molecule is Cc1cc(C)nc(NCc2nncn2CCc2ccccc2)n1. The van der Waals surface area contributed by atoms with Crippen LogP contribution < -0.4 is 5.32 Å². The van der Waals surface area contributed by atoms with Gasteiger partial charge in [0.2, 0.25) is 5.95 Å². The van der Waals surface area contributed by atoms with Crippen LogP contribution in [0.4, 0.5) is 5.95 Å². The fraction of sp³-hybridized carbons (Fsp3) is 0.294. The second-order valence-corrected chi connectivity index (χ2v) is 5.50. The van der Waals surface area contributed by atoms with Gasteiger partial charge in [-0.05, 0) is 31.9 Å². The van der Waals surface area contributed by atoms with E-state index in [1.54, 1.807) is 6.33 Å². The Hall–Kier alpha value is -2.76. The Morgan fingerprint density at radius 3 is 2.52 bits per heavy atom. The van der Waals surface area contributed by atoms with E-state index in [2.05, 4.69) is 54.3 Å². The molecule has 6 nitrogen and oxygen atoms in total. The molecule has 3 aromatic rings. The molecule has 0 saturated carbocycles. The zero-order valence-corrected chi connectivity index (χ0v) is 13.4. The molecule has 6 heteroatoms. The van der Waals surface area contributed by atoms with Gasteiger partial charge in [0.15, 0.2) is 5.82 Å². The highest BCUT2D eigenvalue weighted by Crippen LogP contribution is 2.07. The van der Waals surface area contributed by atoms with E-state index in [1.165, 1.54) is 5.56 Å². The Morgan fingerprint density at radius 1 is 1.04 bits per heavy atom. The first-order valence-corrected chi connectivity index (χ1v) is 7.67. The molecule has 23 heavy (non-hydrogen) atoms. The first-order valence-electron chi connectivity index (χ1n) is 7.67. The maximum Gasteiger partial charge on any atom is 0.223 e. The van der Waals surface area contributed by atoms with Gasteiger partial charge in [-0.15, -0.1) is 10.2 Å². The lowest BCUT2D eigenvalue weighted by molar-refractivity contribution is 0.656. The molecule has 118 valence electrons. The summed E-state index contributed by atoms with van der Waals surface area (Å²) in [5.74, 6) is 1.50. The molecule has 0 spiro atoms. The average Bonchev–Trinajstić information content (AvgIpc) is 2.98. The third-order valence-corrected chi connectivity index (χ3v) is 3.57. The fourth-order valence-corrected chi connectivity index (χ4v) is 2.46. The fourth-order valence-electron chi connectivity index (χ4n) is 2.46. The molecule has 0 unspecified atom stereocenters. The molecule has 0 saturated heterocycles. The van der Waals surface area contributed by atoms with E-state index in [1.807, 2.05) is 26.0 Å². The third-order valence-electron chi connectivity index (χ3n) is 3.57. The van der Waals surface area contributed by atoms with Crippen LogP contribution in [0.15, 0.2) is 42.7 Å². The van der Waals surface area contributed by atoms with E-state index in [0.29, 0.717) is 12.5 Å². The van der Waals surface area contributed by atoms with Crippen LogP contribution in [0.5, 0.6) is 0 Å². The summed E-state index contributed by atoms with van der Waals surface area (Å²) < 4.78 is 2.06. The number of hydrogen-bond acceptors (Lipinski definition) is 5. The normalized spacial score (nSPS) is 10.7. The highest BCUT2D eigenvalue weighted by molar-refractivity contribution is 5.27. The van der Waals surface area contributed by atoms with Crippen molar-refractivity contribution in [2.45, 2.75) is 33.4 Å². The van der Waals surface area contributed by atoms with Gasteiger partial charge in [0.25, 0.3) is 0 Å². The minimum atomic E-state index is 0.553. The van der Waals surface area contributed by atoms with E-state index in [0.717, 1.165) is 30.2 Å². The predicted octanol–water partition coefficient (Wildman–Crippen LogP) is 2.54. The van der Waals surface area contributed by atoms with Crippen LogP contribution in [0.2, 0.25) is 0 Å². The van der Waals surface area contributed by atoms with Gasteiger partial charge < -0.3 is 9.88 Å². The number of anilines is 1. The largest absolute Gasteiger partial charge is 0.347 e. The molecule has 0 fully saturated rings. The Morgan fingerprint density at radius 2 is 1.78 bits per heavy atom. The zero-order chi connectivity index (χ0) is 16.1. The second-order valence-electron chi connectivity index (χ2n) is 5.50. The highest BCUT2D eigenvalue weighted by Gasteiger charge is 2.06. The van der Waals surface area contributed by atoms with E-state index in [4.69, 9.17) is 0 Å². The Balaban J connectivity index is 1.62. The van der Waals surface area contributed by atoms with Crippen molar-refractivity contribution >= 4 is 5.95 Å². The van der Waals surface area contributed by atoms with Gasteiger partial charge in [0.05, 0.1) is 6.54 Å². The molecule has 0 aliphatic rings. The average molecular weight is 308 g/mol. The lowest BCUT2D eigenvalue weighted by Crippen LogP contribution is -2.12. The summed E-state index contributed by atoms with van der Waals surface area (Å²) in [6, 6.07) is 12.4. The van der Waals surface area contributed by atoms with Crippen LogP contribution >= 0.6 is 0 Å². The maximum atomic E-state index is 4.38. The summed E-state index contributed by atoms with van der Waals surface area (Å²) in [7, 11) is 0. The lowest BCUT2D eigenvalue weighted by Gasteiger charge is -2.09. The quantitative estimate of drug-likeness (QED) is 0.758. The Kier molecular flexibility index (Phi) is 4.61. The molecule has 3 rings (SSSR count). The Labute approximate surface area is 135 Å². The molecule has 0 bridgehead atoms. The summed E-state index contributed by atoms with van der Waals surface area (Å²) in [5.41, 5.74) is 3.20. The van der Waals surface area contributed by atoms with Gasteiger partial charge in [-0.2, -0.15) is 0 Å². The van der Waals surface area contributed by atoms with Gasteiger partial charge >= 0.3 is 0 Å². The van der Waals surface area contributed by atoms with Crippen LogP contribution in [-0.2, 0) is 19.5 Å². The molecule has 1 N–H and O–H groups in total. The van der Waals surface area contributed by atoms with Crippen molar-refractivity contribution in [1.29, 1.82) is 0 Å². The van der Waals surface area contributed by atoms with Crippen molar-refractivity contribution in [3.05, 3.63) is 65.5 Å². The predicted molar refractivity (Wildman–Crippen MR) is 89.0 cm³/mol. The number of nitrogens with zero attached hydrogens (tertiary/aromatic N) is 5. The van der Waals surface area contributed by atoms with Crippen LogP contribution in [0.3, 0.4) is 0 Å². The van der Waals surface area contributed by atoms with E-state index >= 15 is 0 Å². The summed E-state index contributed by atoms with van der Waals surface area (Å²) in [4.78, 5) is 8.75. The summed E-state index contributed by atoms with van der Waals surface area (Å²) in [5, 5.41) is 11.4. The van der Waals surface area contributed by atoms with Crippen molar-refractivity contribution in [3.8, 4) is 0 Å². The second kappa shape index (κ2) is 7.00. The standard InChI is InChI=1S/C17H20N6/c1-13-10-14(2)21-17(20-13)18-11-16-22-19-12-23(16)9-8-15-6-4-3-5-7-15/h3-7,10,12H,8-9,11H2,1-2H3,(H,18,20,21). The monoisotopic (exact) mass is 308 g/mol. The van der Waals surface area contributed by atoms with Crippen molar-refractivity contribution in [3.63, 3.8) is 0 Å². The van der Waals surface area contributed by atoms with E-state index in [9.17, 15) is 0 Å². The molecule has 2 heterocycles. The minimum Gasteiger partial charge on any atom is -0.347 e. The van der Waals surface area contributed by atoms with Gasteiger partial charge in [0, 0.05) is 17.9 Å². The summed E-state index contributed by atoms with van der Waals surface area (Å²) >= 11 is 0. The molecule has 1 aromatic carbocycles. The smallest absolute Gasteiger partial charge is 0.223 e. The van der Waals surface area contributed by atoms with Gasteiger partial charge in [-0.3, -0.25) is 0 Å². The van der Waals surface area contributed by atoms with Crippen LogP contribution in [0, 0.1) is 13.8 Å². The molecule has 0 atom stereocenters. The summed E-state index contributed by atoms with van der Waals surface area (Å²) in [6.45, 7) is 5.32. The molecular weight excluding hydrogens is 288 g/mol. The molecule has 0 aliphatic carbocycles.